The molecule has 0 bridgehead atoms. The van der Waals surface area contributed by atoms with E-state index in [4.69, 9.17) is 27.3 Å². The van der Waals surface area contributed by atoms with Crippen LogP contribution in [0.4, 0.5) is 0 Å². The molecule has 56 valence electrons. The van der Waals surface area contributed by atoms with Crippen LogP contribution in [0.5, 0.6) is 0 Å². The first-order valence-corrected chi connectivity index (χ1v) is 6.88. The predicted molar refractivity (Wildman–Crippen MR) is 47.5 cm³/mol. The summed E-state index contributed by atoms with van der Waals surface area (Å²) in [5.41, 5.74) is -2.02. The Morgan fingerprint density at radius 3 is 3.00 bits per heavy atom. The summed E-state index contributed by atoms with van der Waals surface area (Å²) >= 11 is 6.56. The van der Waals surface area contributed by atoms with E-state index in [-0.39, 0.29) is 6.10 Å². The number of hydrogen-bond donors (Lipinski definition) is 0. The van der Waals surface area contributed by atoms with E-state index in [0.717, 1.165) is 5.75 Å². The van der Waals surface area contributed by atoms with Gasteiger partial charge in [0, 0.05) is 12.9 Å². The SMILES string of the molecule is C#CC1CSP(=S)(OC)O1. The molecule has 2 unspecified atom stereocenters. The van der Waals surface area contributed by atoms with Crippen molar-refractivity contribution in [1.82, 2.24) is 0 Å². The van der Waals surface area contributed by atoms with Crippen LogP contribution in [0, 0.1) is 12.3 Å². The van der Waals surface area contributed by atoms with Crippen molar-refractivity contribution >= 4 is 28.9 Å². The molecule has 0 saturated carbocycles. The summed E-state index contributed by atoms with van der Waals surface area (Å²) < 4.78 is 10.3. The smallest absolute Gasteiger partial charge is 0.248 e. The van der Waals surface area contributed by atoms with Crippen LogP contribution < -0.4 is 0 Å². The average molecular weight is 194 g/mol. The minimum absolute atomic E-state index is 0.143. The molecule has 0 radical (unpaired) electrons. The normalized spacial score (nSPS) is 39.4. The molecule has 0 aromatic heterocycles. The summed E-state index contributed by atoms with van der Waals surface area (Å²) in [6, 6.07) is 0. The lowest BCUT2D eigenvalue weighted by Crippen LogP contribution is -2.02. The van der Waals surface area contributed by atoms with E-state index in [1.54, 1.807) is 7.11 Å². The van der Waals surface area contributed by atoms with Gasteiger partial charge >= 0.3 is 0 Å². The minimum Gasteiger partial charge on any atom is -0.325 e. The van der Waals surface area contributed by atoms with Crippen molar-refractivity contribution in [1.29, 1.82) is 0 Å². The standard InChI is InChI=1S/C5H7O2PS2/c1-3-5-4-10-8(9,6-2)7-5/h1,5H,4H2,2H3. The van der Waals surface area contributed by atoms with Gasteiger partial charge in [0.15, 0.2) is 0 Å². The van der Waals surface area contributed by atoms with Crippen molar-refractivity contribution in [3.8, 4) is 12.3 Å². The zero-order valence-corrected chi connectivity index (χ0v) is 7.97. The average Bonchev–Trinajstić information content (AvgIpc) is 2.33. The molecule has 10 heavy (non-hydrogen) atoms. The molecule has 0 spiro atoms. The van der Waals surface area contributed by atoms with Crippen molar-refractivity contribution in [3.63, 3.8) is 0 Å². The van der Waals surface area contributed by atoms with E-state index >= 15 is 0 Å². The molecule has 1 aliphatic rings. The highest BCUT2D eigenvalue weighted by Crippen LogP contribution is 2.65. The molecule has 0 amide bonds. The van der Waals surface area contributed by atoms with Gasteiger partial charge in [-0.05, 0) is 11.8 Å². The lowest BCUT2D eigenvalue weighted by atomic mass is 10.4. The Bertz CT molecular complexity index is 210. The summed E-state index contributed by atoms with van der Waals surface area (Å²) in [4.78, 5) is 0. The molecule has 1 fully saturated rings. The Balaban J connectivity index is 2.60. The molecular weight excluding hydrogens is 187 g/mol. The third-order valence-corrected chi connectivity index (χ3v) is 6.53. The van der Waals surface area contributed by atoms with E-state index in [0.29, 0.717) is 0 Å². The van der Waals surface area contributed by atoms with Crippen LogP contribution in [0.15, 0.2) is 0 Å². The van der Waals surface area contributed by atoms with Gasteiger partial charge in [-0.15, -0.1) is 6.42 Å². The highest BCUT2D eigenvalue weighted by atomic mass is 32.9. The predicted octanol–water partition coefficient (Wildman–Crippen LogP) is 1.62. The lowest BCUT2D eigenvalue weighted by Gasteiger charge is -2.09. The van der Waals surface area contributed by atoms with Crippen LogP contribution in [-0.2, 0) is 20.9 Å². The topological polar surface area (TPSA) is 18.5 Å². The summed E-state index contributed by atoms with van der Waals surface area (Å²) in [5, 5.41) is 0. The number of terminal acetylenes is 1. The third kappa shape index (κ3) is 1.75. The van der Waals surface area contributed by atoms with Crippen molar-refractivity contribution in [2.24, 2.45) is 0 Å². The number of hydrogen-bond acceptors (Lipinski definition) is 4. The lowest BCUT2D eigenvalue weighted by molar-refractivity contribution is 0.277. The van der Waals surface area contributed by atoms with Crippen LogP contribution in [0.3, 0.4) is 0 Å². The molecule has 5 heteroatoms. The maximum atomic E-state index is 5.28. The van der Waals surface area contributed by atoms with Crippen molar-refractivity contribution in [2.75, 3.05) is 12.9 Å². The number of rotatable bonds is 1. The molecule has 1 saturated heterocycles. The van der Waals surface area contributed by atoms with Gasteiger partial charge in [0.1, 0.15) is 6.10 Å². The Hall–Kier alpha value is 0.480. The maximum Gasteiger partial charge on any atom is 0.248 e. The quantitative estimate of drug-likeness (QED) is 0.466. The van der Waals surface area contributed by atoms with Gasteiger partial charge in [0.25, 0.3) is 0 Å². The Labute approximate surface area is 69.6 Å². The summed E-state index contributed by atoms with van der Waals surface area (Å²) in [6.45, 7) is 0. The molecule has 0 aromatic rings. The molecule has 2 atom stereocenters. The van der Waals surface area contributed by atoms with E-state index in [9.17, 15) is 0 Å². The van der Waals surface area contributed by atoms with Crippen LogP contribution in [0.1, 0.15) is 0 Å². The highest BCUT2D eigenvalue weighted by Gasteiger charge is 2.31. The van der Waals surface area contributed by atoms with Crippen LogP contribution in [0.25, 0.3) is 0 Å². The van der Waals surface area contributed by atoms with Gasteiger partial charge in [0.05, 0.1) is 0 Å². The summed E-state index contributed by atoms with van der Waals surface area (Å²) in [5.74, 6) is 3.26. The zero-order chi connectivity index (χ0) is 7.61. The van der Waals surface area contributed by atoms with Gasteiger partial charge in [-0.25, -0.2) is 0 Å². The Kier molecular flexibility index (Phi) is 2.79. The third-order valence-electron chi connectivity index (χ3n) is 1.05. The fourth-order valence-electron chi connectivity index (χ4n) is 0.550. The summed E-state index contributed by atoms with van der Waals surface area (Å²) in [7, 11) is 1.56. The molecule has 1 aliphatic heterocycles. The van der Waals surface area contributed by atoms with E-state index < -0.39 is 5.69 Å². The van der Waals surface area contributed by atoms with Crippen molar-refractivity contribution < 1.29 is 9.05 Å². The van der Waals surface area contributed by atoms with Crippen molar-refractivity contribution in [2.45, 2.75) is 6.10 Å². The zero-order valence-electron chi connectivity index (χ0n) is 5.44. The molecule has 0 N–H and O–H groups in total. The Morgan fingerprint density at radius 2 is 2.70 bits per heavy atom. The van der Waals surface area contributed by atoms with Gasteiger partial charge in [-0.3, -0.25) is 0 Å². The fraction of sp³-hybridized carbons (Fsp3) is 0.600. The van der Waals surface area contributed by atoms with Crippen LogP contribution >= 0.6 is 17.1 Å². The summed E-state index contributed by atoms with van der Waals surface area (Å²) in [6.07, 6.45) is 4.99. The first kappa shape index (κ1) is 8.58. The van der Waals surface area contributed by atoms with Gasteiger partial charge in [-0.1, -0.05) is 17.3 Å². The molecule has 0 aliphatic carbocycles. The molecule has 0 aromatic carbocycles. The molecular formula is C5H7O2PS2. The van der Waals surface area contributed by atoms with Gasteiger partial charge < -0.3 is 9.05 Å². The van der Waals surface area contributed by atoms with E-state index in [1.807, 2.05) is 0 Å². The largest absolute Gasteiger partial charge is 0.325 e. The second-order valence-corrected chi connectivity index (χ2v) is 8.10. The highest BCUT2D eigenvalue weighted by molar-refractivity contribution is 8.68. The van der Waals surface area contributed by atoms with Crippen molar-refractivity contribution in [3.05, 3.63) is 0 Å². The van der Waals surface area contributed by atoms with Crippen LogP contribution in [-0.4, -0.2) is 19.0 Å². The molecule has 1 rings (SSSR count). The van der Waals surface area contributed by atoms with Crippen LogP contribution in [0.2, 0.25) is 0 Å². The monoisotopic (exact) mass is 194 g/mol. The Morgan fingerprint density at radius 1 is 2.00 bits per heavy atom. The van der Waals surface area contributed by atoms with Gasteiger partial charge in [0.2, 0.25) is 5.69 Å². The van der Waals surface area contributed by atoms with Gasteiger partial charge in [-0.2, -0.15) is 0 Å². The fourth-order valence-corrected chi connectivity index (χ4v) is 4.46. The first-order chi connectivity index (χ1) is 4.70. The molecule has 2 nitrogen and oxygen atoms in total. The van der Waals surface area contributed by atoms with E-state index in [1.165, 1.54) is 11.4 Å². The minimum atomic E-state index is -2.02. The van der Waals surface area contributed by atoms with E-state index in [2.05, 4.69) is 5.92 Å². The first-order valence-electron chi connectivity index (χ1n) is 2.65. The second kappa shape index (κ2) is 3.25. The maximum absolute atomic E-state index is 5.28. The molecule has 1 heterocycles. The second-order valence-electron chi connectivity index (χ2n) is 1.69.